The first kappa shape index (κ1) is 36.5. The average molecular weight is 542 g/mol. The largest absolute Gasteiger partial charge is 0.464 e. The molecule has 0 aromatic rings. The number of unbranched alkanes of at least 4 members (excludes halogenated alkanes) is 1. The molecule has 224 valence electrons. The van der Waals surface area contributed by atoms with Crippen molar-refractivity contribution in [3.8, 4) is 0 Å². The van der Waals surface area contributed by atoms with Gasteiger partial charge >= 0.3 is 5.97 Å². The number of rotatable bonds is 17. The number of Topliss-reactive ketones (excluding diaryl/α,β-unsaturated/α-hetero) is 1. The number of nitrogens with one attached hydrogen (secondary N) is 1. The molecule has 0 aromatic carbocycles. The van der Waals surface area contributed by atoms with Crippen molar-refractivity contribution < 1.29 is 28.6 Å². The number of esters is 1. The molecule has 1 N–H and O–H groups in total. The topological polar surface area (TPSA) is 90.9 Å². The minimum atomic E-state index is -1.25. The zero-order valence-corrected chi connectivity index (χ0v) is 26.8. The Kier molecular flexibility index (Phi) is 14.8. The summed E-state index contributed by atoms with van der Waals surface area (Å²) in [4.78, 5) is 38.7. The van der Waals surface area contributed by atoms with Gasteiger partial charge in [0.1, 0.15) is 23.9 Å². The molecule has 0 aliphatic heterocycles. The normalized spacial score (nSPS) is 15.5. The van der Waals surface area contributed by atoms with Gasteiger partial charge in [0, 0.05) is 0 Å². The van der Waals surface area contributed by atoms with Crippen LogP contribution in [-0.4, -0.2) is 54.7 Å². The molecule has 0 radical (unpaired) electrons. The van der Waals surface area contributed by atoms with Gasteiger partial charge in [0.15, 0.2) is 5.78 Å². The van der Waals surface area contributed by atoms with Crippen molar-refractivity contribution >= 4 is 17.7 Å². The smallest absolute Gasteiger partial charge is 0.309 e. The number of ether oxygens (including phenoxy) is 3. The predicted octanol–water partition coefficient (Wildman–Crippen LogP) is 6.51. The van der Waals surface area contributed by atoms with Crippen LogP contribution < -0.4 is 5.32 Å². The molecule has 0 rings (SSSR count). The van der Waals surface area contributed by atoms with Crippen molar-refractivity contribution in [3.63, 3.8) is 0 Å². The van der Waals surface area contributed by atoms with E-state index in [1.54, 1.807) is 34.6 Å². The zero-order valence-electron chi connectivity index (χ0n) is 26.8. The van der Waals surface area contributed by atoms with E-state index in [9.17, 15) is 14.4 Å². The number of ketones is 1. The lowest BCUT2D eigenvalue weighted by molar-refractivity contribution is -0.168. The second-order valence-electron chi connectivity index (χ2n) is 14.0. The molecule has 3 unspecified atom stereocenters. The summed E-state index contributed by atoms with van der Waals surface area (Å²) in [6.07, 6.45) is 4.26. The molecule has 0 fully saturated rings. The van der Waals surface area contributed by atoms with E-state index < -0.39 is 17.3 Å². The van der Waals surface area contributed by atoms with Crippen molar-refractivity contribution in [3.05, 3.63) is 0 Å². The molecular weight excluding hydrogens is 482 g/mol. The number of hydrogen-bond donors (Lipinski definition) is 1. The molecule has 0 heterocycles. The van der Waals surface area contributed by atoms with E-state index in [1.165, 1.54) is 0 Å². The molecule has 0 aliphatic carbocycles. The van der Waals surface area contributed by atoms with E-state index in [-0.39, 0.29) is 47.6 Å². The van der Waals surface area contributed by atoms with Crippen molar-refractivity contribution in [1.82, 2.24) is 5.32 Å². The maximum absolute atomic E-state index is 13.1. The second-order valence-corrected chi connectivity index (χ2v) is 14.0. The highest BCUT2D eigenvalue weighted by Crippen LogP contribution is 2.36. The molecule has 0 saturated heterocycles. The first-order valence-corrected chi connectivity index (χ1v) is 14.5. The average Bonchev–Trinajstić information content (AvgIpc) is 2.77. The van der Waals surface area contributed by atoms with Gasteiger partial charge in [-0.05, 0) is 64.2 Å². The summed E-state index contributed by atoms with van der Waals surface area (Å²) in [5.74, 6) is -0.653. The first-order valence-electron chi connectivity index (χ1n) is 14.5. The van der Waals surface area contributed by atoms with Gasteiger partial charge in [-0.2, -0.15) is 0 Å². The summed E-state index contributed by atoms with van der Waals surface area (Å²) < 4.78 is 17.5. The maximum Gasteiger partial charge on any atom is 0.309 e. The fraction of sp³-hybridized carbons (Fsp3) is 0.903. The van der Waals surface area contributed by atoms with E-state index in [1.807, 2.05) is 20.8 Å². The third-order valence-corrected chi connectivity index (χ3v) is 6.98. The van der Waals surface area contributed by atoms with Crippen LogP contribution >= 0.6 is 0 Å². The molecule has 7 nitrogen and oxygen atoms in total. The number of hydrogen-bond acceptors (Lipinski definition) is 6. The molecule has 0 bridgehead atoms. The fourth-order valence-corrected chi connectivity index (χ4v) is 4.32. The third kappa shape index (κ3) is 13.5. The van der Waals surface area contributed by atoms with Gasteiger partial charge in [-0.25, -0.2) is 0 Å². The molecule has 0 aliphatic rings. The van der Waals surface area contributed by atoms with Crippen LogP contribution in [0.4, 0.5) is 0 Å². The van der Waals surface area contributed by atoms with Crippen molar-refractivity contribution in [2.75, 3.05) is 19.8 Å². The Hall–Kier alpha value is -1.47. The van der Waals surface area contributed by atoms with E-state index in [2.05, 4.69) is 39.9 Å². The molecule has 38 heavy (non-hydrogen) atoms. The van der Waals surface area contributed by atoms with Crippen LogP contribution in [0.15, 0.2) is 0 Å². The van der Waals surface area contributed by atoms with Gasteiger partial charge in [-0.3, -0.25) is 14.4 Å². The second kappa shape index (κ2) is 15.4. The van der Waals surface area contributed by atoms with Crippen molar-refractivity contribution in [2.45, 2.75) is 139 Å². The van der Waals surface area contributed by atoms with Gasteiger partial charge in [0.05, 0.1) is 19.1 Å². The monoisotopic (exact) mass is 541 g/mol. The zero-order chi connectivity index (χ0) is 29.9. The highest BCUT2D eigenvalue weighted by molar-refractivity contribution is 5.91. The molecule has 0 aromatic heterocycles. The minimum absolute atomic E-state index is 0.00690. The van der Waals surface area contributed by atoms with Gasteiger partial charge in [-0.1, -0.05) is 74.7 Å². The molecule has 0 saturated carbocycles. The summed E-state index contributed by atoms with van der Waals surface area (Å²) >= 11 is 0. The lowest BCUT2D eigenvalue weighted by Gasteiger charge is -2.34. The first-order chi connectivity index (χ1) is 17.2. The van der Waals surface area contributed by atoms with Crippen LogP contribution in [0.3, 0.4) is 0 Å². The highest BCUT2D eigenvalue weighted by atomic mass is 16.5. The van der Waals surface area contributed by atoms with Crippen LogP contribution in [0.5, 0.6) is 0 Å². The Morgan fingerprint density at radius 3 is 1.92 bits per heavy atom. The summed E-state index contributed by atoms with van der Waals surface area (Å²) in [5, 5.41) is 2.77. The van der Waals surface area contributed by atoms with E-state index in [0.717, 1.165) is 25.7 Å². The summed E-state index contributed by atoms with van der Waals surface area (Å²) in [6.45, 7) is 25.9. The lowest BCUT2D eigenvalue weighted by Crippen LogP contribution is -2.51. The van der Waals surface area contributed by atoms with Gasteiger partial charge < -0.3 is 19.5 Å². The SMILES string of the molecule is CCCCC(CC)COC(C)(C)C(=O)C(C)OC(C)(C)C(=O)NCCOC(=O)C(CC(C)(C)C)C(C)(C)C. The molecule has 3 atom stereocenters. The Labute approximate surface area is 233 Å². The van der Waals surface area contributed by atoms with E-state index in [0.29, 0.717) is 18.9 Å². The van der Waals surface area contributed by atoms with Crippen LogP contribution in [-0.2, 0) is 28.6 Å². The number of amides is 1. The van der Waals surface area contributed by atoms with E-state index >= 15 is 0 Å². The van der Waals surface area contributed by atoms with Crippen LogP contribution in [0.25, 0.3) is 0 Å². The van der Waals surface area contributed by atoms with Crippen LogP contribution in [0.1, 0.15) is 122 Å². The fourth-order valence-electron chi connectivity index (χ4n) is 4.32. The van der Waals surface area contributed by atoms with Crippen LogP contribution in [0, 0.1) is 22.7 Å². The standard InChI is InChI=1S/C31H59NO6/c1-14-16-17-23(15-2)21-37-30(10,11)25(33)22(3)38-31(12,13)27(35)32-18-19-36-26(34)24(29(7,8)9)20-28(4,5)6/h22-24H,14-21H2,1-13H3,(H,32,35). The molecule has 1 amide bonds. The summed E-state index contributed by atoms with van der Waals surface area (Å²) in [7, 11) is 0. The van der Waals surface area contributed by atoms with Crippen LogP contribution in [0.2, 0.25) is 0 Å². The highest BCUT2D eigenvalue weighted by Gasteiger charge is 2.39. The Morgan fingerprint density at radius 1 is 0.868 bits per heavy atom. The Morgan fingerprint density at radius 2 is 1.45 bits per heavy atom. The minimum Gasteiger partial charge on any atom is -0.464 e. The molecular formula is C31H59NO6. The third-order valence-electron chi connectivity index (χ3n) is 6.98. The quantitative estimate of drug-likeness (QED) is 0.167. The Balaban J connectivity index is 4.86. The number of carbonyl (C=O) groups is 3. The summed E-state index contributed by atoms with van der Waals surface area (Å²) in [6, 6.07) is 0. The molecule has 7 heteroatoms. The number of carbonyl (C=O) groups excluding carboxylic acids is 3. The van der Waals surface area contributed by atoms with Gasteiger partial charge in [0.2, 0.25) is 0 Å². The lowest BCUT2D eigenvalue weighted by atomic mass is 9.72. The van der Waals surface area contributed by atoms with Gasteiger partial charge in [-0.15, -0.1) is 0 Å². The predicted molar refractivity (Wildman–Crippen MR) is 154 cm³/mol. The van der Waals surface area contributed by atoms with Crippen molar-refractivity contribution in [2.24, 2.45) is 22.7 Å². The van der Waals surface area contributed by atoms with Crippen molar-refractivity contribution in [1.29, 1.82) is 0 Å². The molecule has 0 spiro atoms. The van der Waals surface area contributed by atoms with Gasteiger partial charge in [0.25, 0.3) is 5.91 Å². The maximum atomic E-state index is 13.1. The van der Waals surface area contributed by atoms with E-state index in [4.69, 9.17) is 14.2 Å². The summed E-state index contributed by atoms with van der Waals surface area (Å²) in [5.41, 5.74) is -2.50. The Bertz CT molecular complexity index is 744.